The molecule has 0 N–H and O–H groups in total. The first-order valence-corrected chi connectivity index (χ1v) is 6.03. The van der Waals surface area contributed by atoms with E-state index in [0.29, 0.717) is 11.6 Å². The highest BCUT2D eigenvalue weighted by atomic mass is 16.5. The molecule has 0 bridgehead atoms. The SMILES string of the molecule is O=C(OCc1coc(-c2ccccc2)n1)c1ccco1. The molecule has 5 heteroatoms. The fourth-order valence-electron chi connectivity index (χ4n) is 1.69. The maximum absolute atomic E-state index is 11.6. The van der Waals surface area contributed by atoms with E-state index in [1.54, 1.807) is 12.1 Å². The molecule has 2 aromatic heterocycles. The summed E-state index contributed by atoms with van der Waals surface area (Å²) in [5.74, 6) is 0.130. The minimum Gasteiger partial charge on any atom is -0.457 e. The van der Waals surface area contributed by atoms with Gasteiger partial charge >= 0.3 is 5.97 Å². The summed E-state index contributed by atoms with van der Waals surface area (Å²) in [6.45, 7) is 0.0376. The van der Waals surface area contributed by atoms with Gasteiger partial charge in [-0.1, -0.05) is 18.2 Å². The number of rotatable bonds is 4. The molecule has 0 spiro atoms. The van der Waals surface area contributed by atoms with Crippen LogP contribution in [0.15, 0.2) is 63.8 Å². The van der Waals surface area contributed by atoms with Crippen molar-refractivity contribution in [1.82, 2.24) is 4.98 Å². The zero-order chi connectivity index (χ0) is 13.8. The fourth-order valence-corrected chi connectivity index (χ4v) is 1.69. The van der Waals surface area contributed by atoms with Crippen molar-refractivity contribution in [3.05, 3.63) is 66.4 Å². The fraction of sp³-hybridized carbons (Fsp3) is 0.0667. The topological polar surface area (TPSA) is 65.5 Å². The van der Waals surface area contributed by atoms with Gasteiger partial charge in [0, 0.05) is 5.56 Å². The monoisotopic (exact) mass is 269 g/mol. The van der Waals surface area contributed by atoms with Crippen molar-refractivity contribution in [2.45, 2.75) is 6.61 Å². The number of hydrogen-bond donors (Lipinski definition) is 0. The Balaban J connectivity index is 1.65. The molecule has 3 aromatic rings. The van der Waals surface area contributed by atoms with Crippen LogP contribution >= 0.6 is 0 Å². The quantitative estimate of drug-likeness (QED) is 0.680. The Morgan fingerprint density at radius 1 is 1.10 bits per heavy atom. The minimum absolute atomic E-state index is 0.0376. The lowest BCUT2D eigenvalue weighted by Gasteiger charge is -1.98. The highest BCUT2D eigenvalue weighted by Gasteiger charge is 2.12. The Labute approximate surface area is 114 Å². The van der Waals surface area contributed by atoms with E-state index in [1.165, 1.54) is 12.5 Å². The van der Waals surface area contributed by atoms with Crippen molar-refractivity contribution in [1.29, 1.82) is 0 Å². The third-order valence-electron chi connectivity index (χ3n) is 2.65. The van der Waals surface area contributed by atoms with Crippen molar-refractivity contribution in [3.63, 3.8) is 0 Å². The van der Waals surface area contributed by atoms with Gasteiger partial charge in [0.25, 0.3) is 0 Å². The summed E-state index contributed by atoms with van der Waals surface area (Å²) in [6.07, 6.45) is 2.89. The average Bonchev–Trinajstić information content (AvgIpc) is 3.17. The molecule has 0 fully saturated rings. The summed E-state index contributed by atoms with van der Waals surface area (Å²) < 4.78 is 15.4. The third-order valence-corrected chi connectivity index (χ3v) is 2.65. The lowest BCUT2D eigenvalue weighted by molar-refractivity contribution is 0.0431. The van der Waals surface area contributed by atoms with Crippen molar-refractivity contribution in [2.24, 2.45) is 0 Å². The first kappa shape index (κ1) is 12.2. The van der Waals surface area contributed by atoms with Gasteiger partial charge in [-0.3, -0.25) is 0 Å². The van der Waals surface area contributed by atoms with Crippen molar-refractivity contribution in [2.75, 3.05) is 0 Å². The number of aromatic nitrogens is 1. The van der Waals surface area contributed by atoms with Gasteiger partial charge in [-0.2, -0.15) is 0 Å². The largest absolute Gasteiger partial charge is 0.457 e. The van der Waals surface area contributed by atoms with Crippen LogP contribution in [0.4, 0.5) is 0 Å². The van der Waals surface area contributed by atoms with Gasteiger partial charge in [0.1, 0.15) is 18.6 Å². The average molecular weight is 269 g/mol. The van der Waals surface area contributed by atoms with Crippen LogP contribution in [0.2, 0.25) is 0 Å². The molecular weight excluding hydrogens is 258 g/mol. The molecule has 2 heterocycles. The van der Waals surface area contributed by atoms with Crippen LogP contribution in [0.1, 0.15) is 16.2 Å². The Hall–Kier alpha value is -2.82. The predicted octanol–water partition coefficient (Wildman–Crippen LogP) is 3.29. The van der Waals surface area contributed by atoms with Crippen molar-refractivity contribution < 1.29 is 18.4 Å². The van der Waals surface area contributed by atoms with Gasteiger partial charge in [0.05, 0.1) is 6.26 Å². The summed E-state index contributed by atoms with van der Waals surface area (Å²) in [4.78, 5) is 15.8. The van der Waals surface area contributed by atoms with Gasteiger partial charge < -0.3 is 13.6 Å². The first-order chi connectivity index (χ1) is 9.83. The Morgan fingerprint density at radius 3 is 2.70 bits per heavy atom. The third kappa shape index (κ3) is 2.61. The maximum Gasteiger partial charge on any atom is 0.374 e. The van der Waals surface area contributed by atoms with E-state index in [0.717, 1.165) is 5.56 Å². The molecule has 5 nitrogen and oxygen atoms in total. The molecule has 0 saturated carbocycles. The lowest BCUT2D eigenvalue weighted by atomic mass is 10.2. The molecule has 0 aliphatic heterocycles. The smallest absolute Gasteiger partial charge is 0.374 e. The minimum atomic E-state index is -0.528. The summed E-state index contributed by atoms with van der Waals surface area (Å²) in [6, 6.07) is 12.7. The molecule has 0 radical (unpaired) electrons. The normalized spacial score (nSPS) is 10.4. The number of carbonyl (C=O) groups is 1. The number of hydrogen-bond acceptors (Lipinski definition) is 5. The van der Waals surface area contributed by atoms with Crippen molar-refractivity contribution >= 4 is 5.97 Å². The van der Waals surface area contributed by atoms with E-state index in [4.69, 9.17) is 13.6 Å². The van der Waals surface area contributed by atoms with Gasteiger partial charge in [-0.25, -0.2) is 9.78 Å². The summed E-state index contributed by atoms with van der Waals surface area (Å²) in [5, 5.41) is 0. The van der Waals surface area contributed by atoms with E-state index in [-0.39, 0.29) is 12.4 Å². The second-order valence-corrected chi connectivity index (χ2v) is 4.06. The van der Waals surface area contributed by atoms with Gasteiger partial charge in [0.15, 0.2) is 0 Å². The molecule has 3 rings (SSSR count). The maximum atomic E-state index is 11.6. The van der Waals surface area contributed by atoms with E-state index in [1.807, 2.05) is 30.3 Å². The standard InChI is InChI=1S/C15H11NO4/c17-15(13-7-4-8-18-13)20-10-12-9-19-14(16-12)11-5-2-1-3-6-11/h1-9H,10H2. The number of furan rings is 1. The summed E-state index contributed by atoms with van der Waals surface area (Å²) in [5.41, 5.74) is 1.42. The van der Waals surface area contributed by atoms with E-state index >= 15 is 0 Å². The van der Waals surface area contributed by atoms with Gasteiger partial charge in [-0.15, -0.1) is 0 Å². The highest BCUT2D eigenvalue weighted by Crippen LogP contribution is 2.18. The Bertz CT molecular complexity index is 686. The molecule has 0 amide bonds. The van der Waals surface area contributed by atoms with Gasteiger partial charge in [-0.05, 0) is 24.3 Å². The second kappa shape index (κ2) is 5.44. The number of carbonyl (C=O) groups excluding carboxylic acids is 1. The summed E-state index contributed by atoms with van der Waals surface area (Å²) >= 11 is 0. The predicted molar refractivity (Wildman–Crippen MR) is 69.8 cm³/mol. The van der Waals surface area contributed by atoms with Gasteiger partial charge in [0.2, 0.25) is 11.7 Å². The Morgan fingerprint density at radius 2 is 1.95 bits per heavy atom. The van der Waals surface area contributed by atoms with E-state index in [9.17, 15) is 4.79 Å². The Kier molecular flexibility index (Phi) is 3.33. The lowest BCUT2D eigenvalue weighted by Crippen LogP contribution is -2.04. The molecule has 20 heavy (non-hydrogen) atoms. The van der Waals surface area contributed by atoms with Crippen molar-refractivity contribution in [3.8, 4) is 11.5 Å². The molecule has 0 aliphatic rings. The van der Waals surface area contributed by atoms with E-state index < -0.39 is 5.97 Å². The molecule has 0 saturated heterocycles. The van der Waals surface area contributed by atoms with Crippen LogP contribution in [0.25, 0.3) is 11.5 Å². The second-order valence-electron chi connectivity index (χ2n) is 4.06. The van der Waals surface area contributed by atoms with Crippen LogP contribution in [-0.2, 0) is 11.3 Å². The zero-order valence-corrected chi connectivity index (χ0v) is 10.5. The van der Waals surface area contributed by atoms with E-state index in [2.05, 4.69) is 4.98 Å². The molecule has 1 aromatic carbocycles. The number of esters is 1. The van der Waals surface area contributed by atoms with Crippen LogP contribution < -0.4 is 0 Å². The number of benzene rings is 1. The molecule has 0 atom stereocenters. The molecule has 0 unspecified atom stereocenters. The zero-order valence-electron chi connectivity index (χ0n) is 10.5. The first-order valence-electron chi connectivity index (χ1n) is 6.03. The molecule has 100 valence electrons. The van der Waals surface area contributed by atoms with Crippen LogP contribution in [0, 0.1) is 0 Å². The highest BCUT2D eigenvalue weighted by molar-refractivity contribution is 5.86. The summed E-state index contributed by atoms with van der Waals surface area (Å²) in [7, 11) is 0. The number of ether oxygens (including phenoxy) is 1. The molecule has 0 aliphatic carbocycles. The van der Waals surface area contributed by atoms with Crippen LogP contribution in [-0.4, -0.2) is 11.0 Å². The van der Waals surface area contributed by atoms with Crippen LogP contribution in [0.5, 0.6) is 0 Å². The number of oxazole rings is 1. The molecular formula is C15H11NO4. The van der Waals surface area contributed by atoms with Crippen LogP contribution in [0.3, 0.4) is 0 Å². The number of nitrogens with zero attached hydrogens (tertiary/aromatic N) is 1.